The number of carbonyl (C=O) groups is 4. The molecule has 0 radical (unpaired) electrons. The van der Waals surface area contributed by atoms with Crippen molar-refractivity contribution in [2.75, 3.05) is 0 Å². The lowest BCUT2D eigenvalue weighted by Gasteiger charge is -2.22. The molecule has 2 unspecified atom stereocenters. The van der Waals surface area contributed by atoms with E-state index in [1.54, 1.807) is 6.92 Å². The van der Waals surface area contributed by atoms with Gasteiger partial charge in [-0.3, -0.25) is 24.5 Å². The summed E-state index contributed by atoms with van der Waals surface area (Å²) >= 11 is 3.39. The number of nitrogens with one attached hydrogen (secondary N) is 2. The highest BCUT2D eigenvalue weighted by Crippen LogP contribution is 2.26. The molecule has 2 atom stereocenters. The normalized spacial score (nSPS) is 16.5. The van der Waals surface area contributed by atoms with Crippen LogP contribution in [0.2, 0.25) is 0 Å². The van der Waals surface area contributed by atoms with Crippen molar-refractivity contribution in [2.45, 2.75) is 51.4 Å². The van der Waals surface area contributed by atoms with Crippen molar-refractivity contribution >= 4 is 39.7 Å². The van der Waals surface area contributed by atoms with Crippen molar-refractivity contribution in [3.05, 3.63) is 70.2 Å². The van der Waals surface area contributed by atoms with Gasteiger partial charge in [0.15, 0.2) is 0 Å². The molecule has 10 heteroatoms. The van der Waals surface area contributed by atoms with Gasteiger partial charge in [0.2, 0.25) is 5.91 Å². The van der Waals surface area contributed by atoms with Gasteiger partial charge < -0.3 is 10.2 Å². The molecule has 9 nitrogen and oxygen atoms in total. The van der Waals surface area contributed by atoms with Crippen LogP contribution in [0.3, 0.4) is 0 Å². The standard InChI is InChI=1S/C24H27BrN4O5/c1-2-19(22(31)27-34)26-21(30)13-12-20-23(32)29(15-16-6-4-3-5-7-16)24(33)28(20)14-17-8-10-18(25)11-9-17/h3-11,19-20,34H,2,12-15H2,1H3,(H,26,30)(H,27,31). The lowest BCUT2D eigenvalue weighted by molar-refractivity contribution is -0.135. The van der Waals surface area contributed by atoms with E-state index in [1.165, 1.54) is 15.3 Å². The molecule has 0 aliphatic carbocycles. The zero-order chi connectivity index (χ0) is 24.7. The van der Waals surface area contributed by atoms with E-state index in [2.05, 4.69) is 21.2 Å². The minimum absolute atomic E-state index is 0.0606. The molecule has 0 aromatic heterocycles. The highest BCUT2D eigenvalue weighted by molar-refractivity contribution is 9.10. The summed E-state index contributed by atoms with van der Waals surface area (Å²) in [5, 5.41) is 11.4. The SMILES string of the molecule is CCC(NC(=O)CCC1C(=O)N(Cc2ccccc2)C(=O)N1Cc1ccc(Br)cc1)C(=O)NO. The number of urea groups is 1. The quantitative estimate of drug-likeness (QED) is 0.248. The molecule has 1 saturated heterocycles. The van der Waals surface area contributed by atoms with Crippen molar-refractivity contribution < 1.29 is 24.4 Å². The zero-order valence-corrected chi connectivity index (χ0v) is 20.3. The second kappa shape index (κ2) is 11.8. The molecule has 2 aromatic carbocycles. The lowest BCUT2D eigenvalue weighted by Crippen LogP contribution is -2.46. The minimum atomic E-state index is -0.883. The first-order chi connectivity index (χ1) is 16.3. The maximum absolute atomic E-state index is 13.2. The molecule has 3 rings (SSSR count). The molecule has 2 aromatic rings. The number of imide groups is 1. The van der Waals surface area contributed by atoms with Gasteiger partial charge in [-0.15, -0.1) is 0 Å². The average molecular weight is 531 g/mol. The molecule has 3 N–H and O–H groups in total. The molecule has 180 valence electrons. The van der Waals surface area contributed by atoms with Crippen LogP contribution in [0.15, 0.2) is 59.1 Å². The first-order valence-electron chi connectivity index (χ1n) is 11.0. The average Bonchev–Trinajstić information content (AvgIpc) is 3.06. The number of hydrogen-bond donors (Lipinski definition) is 3. The molecule has 34 heavy (non-hydrogen) atoms. The number of hydrogen-bond acceptors (Lipinski definition) is 5. The number of rotatable bonds is 10. The second-order valence-corrected chi connectivity index (χ2v) is 8.92. The van der Waals surface area contributed by atoms with Crippen LogP contribution in [0.4, 0.5) is 4.79 Å². The summed E-state index contributed by atoms with van der Waals surface area (Å²) in [5.74, 6) is -1.52. The van der Waals surface area contributed by atoms with E-state index in [1.807, 2.05) is 54.6 Å². The zero-order valence-electron chi connectivity index (χ0n) is 18.7. The molecule has 0 spiro atoms. The molecule has 0 saturated carbocycles. The van der Waals surface area contributed by atoms with Gasteiger partial charge in [-0.2, -0.15) is 0 Å². The van der Waals surface area contributed by atoms with Gasteiger partial charge in [0, 0.05) is 17.4 Å². The maximum Gasteiger partial charge on any atom is 0.328 e. The Bertz CT molecular complexity index is 1030. The summed E-state index contributed by atoms with van der Waals surface area (Å²) in [6.07, 6.45) is 0.337. The van der Waals surface area contributed by atoms with Crippen LogP contribution in [0.1, 0.15) is 37.3 Å². The molecule has 1 aliphatic rings. The van der Waals surface area contributed by atoms with E-state index in [0.717, 1.165) is 15.6 Å². The van der Waals surface area contributed by atoms with Crippen molar-refractivity contribution in [1.29, 1.82) is 0 Å². The first kappa shape index (κ1) is 25.4. The molecule has 1 aliphatic heterocycles. The highest BCUT2D eigenvalue weighted by atomic mass is 79.9. The first-order valence-corrected chi connectivity index (χ1v) is 11.8. The monoisotopic (exact) mass is 530 g/mol. The Morgan fingerprint density at radius 2 is 1.68 bits per heavy atom. The van der Waals surface area contributed by atoms with Crippen molar-refractivity contribution in [1.82, 2.24) is 20.6 Å². The fraction of sp³-hybridized carbons (Fsp3) is 0.333. The lowest BCUT2D eigenvalue weighted by atomic mass is 10.1. The van der Waals surface area contributed by atoms with E-state index >= 15 is 0 Å². The number of carbonyl (C=O) groups excluding carboxylic acids is 4. The van der Waals surface area contributed by atoms with Crippen LogP contribution in [0, 0.1) is 0 Å². The predicted molar refractivity (Wildman–Crippen MR) is 127 cm³/mol. The Hall–Kier alpha value is -3.24. The highest BCUT2D eigenvalue weighted by Gasteiger charge is 2.44. The van der Waals surface area contributed by atoms with Crippen LogP contribution in [-0.2, 0) is 27.5 Å². The summed E-state index contributed by atoms with van der Waals surface area (Å²) in [5.41, 5.74) is 3.21. The van der Waals surface area contributed by atoms with E-state index in [4.69, 9.17) is 5.21 Å². The number of halogens is 1. The third kappa shape index (κ3) is 6.21. The van der Waals surface area contributed by atoms with Crippen LogP contribution >= 0.6 is 15.9 Å². The smallest absolute Gasteiger partial charge is 0.328 e. The van der Waals surface area contributed by atoms with Crippen LogP contribution < -0.4 is 10.8 Å². The van der Waals surface area contributed by atoms with Crippen molar-refractivity contribution in [3.8, 4) is 0 Å². The van der Waals surface area contributed by atoms with Gasteiger partial charge >= 0.3 is 6.03 Å². The van der Waals surface area contributed by atoms with E-state index in [9.17, 15) is 19.2 Å². The summed E-state index contributed by atoms with van der Waals surface area (Å²) in [6.45, 7) is 2.06. The minimum Gasteiger partial charge on any atom is -0.344 e. The maximum atomic E-state index is 13.2. The Morgan fingerprint density at radius 1 is 1.03 bits per heavy atom. The van der Waals surface area contributed by atoms with Crippen molar-refractivity contribution in [2.24, 2.45) is 0 Å². The molecule has 0 bridgehead atoms. The van der Waals surface area contributed by atoms with E-state index < -0.39 is 29.9 Å². The molecule has 1 heterocycles. The van der Waals surface area contributed by atoms with Gasteiger partial charge in [0.25, 0.3) is 11.8 Å². The number of benzene rings is 2. The van der Waals surface area contributed by atoms with Crippen LogP contribution in [-0.4, -0.2) is 50.8 Å². The van der Waals surface area contributed by atoms with Crippen LogP contribution in [0.25, 0.3) is 0 Å². The number of hydroxylamine groups is 1. The Morgan fingerprint density at radius 3 is 2.29 bits per heavy atom. The van der Waals surface area contributed by atoms with Gasteiger partial charge in [-0.05, 0) is 36.1 Å². The number of nitrogens with zero attached hydrogens (tertiary/aromatic N) is 2. The third-order valence-corrected chi connectivity index (χ3v) is 6.20. The Labute approximate surface area is 206 Å². The van der Waals surface area contributed by atoms with Gasteiger partial charge in [-0.25, -0.2) is 10.3 Å². The second-order valence-electron chi connectivity index (χ2n) is 8.01. The summed E-state index contributed by atoms with van der Waals surface area (Å²) in [6, 6.07) is 14.6. The number of amides is 5. The third-order valence-electron chi connectivity index (χ3n) is 5.67. The van der Waals surface area contributed by atoms with Gasteiger partial charge in [0.05, 0.1) is 6.54 Å². The molecule has 5 amide bonds. The summed E-state index contributed by atoms with van der Waals surface area (Å²) < 4.78 is 0.899. The van der Waals surface area contributed by atoms with Crippen molar-refractivity contribution in [3.63, 3.8) is 0 Å². The fourth-order valence-corrected chi connectivity index (χ4v) is 4.08. The fourth-order valence-electron chi connectivity index (χ4n) is 3.82. The molecular weight excluding hydrogens is 504 g/mol. The topological polar surface area (TPSA) is 119 Å². The molecule has 1 fully saturated rings. The van der Waals surface area contributed by atoms with Gasteiger partial charge in [-0.1, -0.05) is 65.3 Å². The summed E-state index contributed by atoms with van der Waals surface area (Å²) in [7, 11) is 0. The van der Waals surface area contributed by atoms with E-state index in [-0.39, 0.29) is 31.8 Å². The molecular formula is C24H27BrN4O5. The van der Waals surface area contributed by atoms with Gasteiger partial charge in [0.1, 0.15) is 12.1 Å². The largest absolute Gasteiger partial charge is 0.344 e. The Kier molecular flexibility index (Phi) is 8.78. The van der Waals surface area contributed by atoms with E-state index in [0.29, 0.717) is 6.42 Å². The predicted octanol–water partition coefficient (Wildman–Crippen LogP) is 2.96. The summed E-state index contributed by atoms with van der Waals surface area (Å²) in [4.78, 5) is 53.3. The van der Waals surface area contributed by atoms with Crippen LogP contribution in [0.5, 0.6) is 0 Å². The Balaban J connectivity index is 1.75.